The van der Waals surface area contributed by atoms with Crippen molar-refractivity contribution in [1.82, 2.24) is 20.3 Å². The van der Waals surface area contributed by atoms with Crippen LogP contribution >= 0.6 is 31.9 Å². The predicted octanol–water partition coefficient (Wildman–Crippen LogP) is 6.55. The van der Waals surface area contributed by atoms with Crippen molar-refractivity contribution < 1.29 is 19.2 Å². The van der Waals surface area contributed by atoms with Crippen molar-refractivity contribution in [2.45, 2.75) is 44.3 Å². The molecule has 50 heavy (non-hydrogen) atoms. The Kier molecular flexibility index (Phi) is 11.5. The van der Waals surface area contributed by atoms with Gasteiger partial charge < -0.3 is 36.7 Å². The fraction of sp³-hybridized carbons (Fsp3) is 0.278. The number of para-hydroxylation sites is 3. The van der Waals surface area contributed by atoms with Gasteiger partial charge in [-0.2, -0.15) is 0 Å². The number of urea groups is 1. The van der Waals surface area contributed by atoms with Crippen LogP contribution in [0.4, 0.5) is 32.3 Å². The number of amides is 4. The van der Waals surface area contributed by atoms with Crippen molar-refractivity contribution in [3.05, 3.63) is 111 Å². The zero-order chi connectivity index (χ0) is 35.0. The molecule has 0 aliphatic carbocycles. The molecule has 260 valence electrons. The summed E-state index contributed by atoms with van der Waals surface area (Å²) in [7, 11) is 0. The molecular weight excluding hydrogens is 768 g/mol. The molecule has 0 saturated carbocycles. The van der Waals surface area contributed by atoms with Crippen LogP contribution in [0.15, 0.2) is 94.1 Å². The number of fused-ring (bicyclic) bond motifs is 1. The van der Waals surface area contributed by atoms with Gasteiger partial charge in [-0.3, -0.25) is 9.78 Å². The number of halogens is 2. The number of nitrogens with zero attached hydrogens (tertiary/aromatic N) is 3. The van der Waals surface area contributed by atoms with Crippen LogP contribution in [-0.2, 0) is 29.0 Å². The van der Waals surface area contributed by atoms with Gasteiger partial charge in [0, 0.05) is 65.7 Å². The lowest BCUT2D eigenvalue weighted by molar-refractivity contribution is -0.125. The quantitative estimate of drug-likeness (QED) is 0.113. The van der Waals surface area contributed by atoms with Gasteiger partial charge >= 0.3 is 12.1 Å². The molecule has 6 rings (SSSR count). The molecule has 12 nitrogen and oxygen atoms in total. The van der Waals surface area contributed by atoms with Crippen LogP contribution in [0.3, 0.4) is 0 Å². The SMILES string of the molecule is Nc1c(Br)cc(C[C@@H](NC(=O)ON2CCC(N3CCc4ccccc4NC3=O)CC2)C(=O)Nc2ccccc2NCc2cccnc2)cc1Br. The zero-order valence-corrected chi connectivity index (χ0v) is 30.4. The molecule has 14 heteroatoms. The summed E-state index contributed by atoms with van der Waals surface area (Å²) in [4.78, 5) is 51.9. The lowest BCUT2D eigenvalue weighted by Crippen LogP contribution is -2.51. The molecule has 1 aromatic heterocycles. The molecule has 4 aromatic rings. The van der Waals surface area contributed by atoms with Gasteiger partial charge in [-0.15, -0.1) is 5.06 Å². The number of nitrogens with one attached hydrogen (secondary N) is 4. The van der Waals surface area contributed by atoms with Crippen molar-refractivity contribution in [1.29, 1.82) is 0 Å². The molecular formula is C36H38Br2N8O4. The maximum absolute atomic E-state index is 13.8. The lowest BCUT2D eigenvalue weighted by Gasteiger charge is -2.37. The van der Waals surface area contributed by atoms with Crippen LogP contribution in [-0.4, -0.2) is 64.7 Å². The molecule has 1 saturated heterocycles. The van der Waals surface area contributed by atoms with E-state index in [1.54, 1.807) is 23.5 Å². The standard InChI is InChI=1S/C36H38Br2N8O4/c37-27-18-24(19-28(38)33(27)39)20-32(34(47)42-31-10-4-3-9-30(31)41-22-23-6-5-14-40-21-23)44-36(49)50-45-15-12-26(13-16-45)46-17-11-25-7-1-2-8-29(25)43-35(46)48/h1-10,14,18-19,21,26,32,41H,11-13,15-17,20,22,39H2,(H,42,47)(H,43,48)(H,44,49)/t32-/m1/s1. The van der Waals surface area contributed by atoms with Gasteiger partial charge in [0.1, 0.15) is 6.04 Å². The number of benzene rings is 3. The number of nitrogens with two attached hydrogens (primary N) is 1. The van der Waals surface area contributed by atoms with E-state index in [0.717, 1.165) is 28.8 Å². The minimum atomic E-state index is -0.990. The third kappa shape index (κ3) is 8.92. The Bertz CT molecular complexity index is 1820. The number of hydrogen-bond donors (Lipinski definition) is 5. The number of hydrogen-bond acceptors (Lipinski definition) is 8. The molecule has 2 aliphatic rings. The first-order valence-electron chi connectivity index (χ1n) is 16.4. The van der Waals surface area contributed by atoms with E-state index < -0.39 is 18.0 Å². The number of rotatable bonds is 10. The van der Waals surface area contributed by atoms with Crippen molar-refractivity contribution in [3.8, 4) is 0 Å². The third-order valence-corrected chi connectivity index (χ3v) is 10.1. The highest BCUT2D eigenvalue weighted by atomic mass is 79.9. The number of nitrogen functional groups attached to an aromatic ring is 1. The summed E-state index contributed by atoms with van der Waals surface area (Å²) in [6.07, 6.45) is 4.95. The third-order valence-electron chi connectivity index (χ3n) is 8.80. The summed E-state index contributed by atoms with van der Waals surface area (Å²) >= 11 is 6.95. The van der Waals surface area contributed by atoms with Crippen molar-refractivity contribution >= 4 is 72.6 Å². The van der Waals surface area contributed by atoms with Crippen LogP contribution < -0.4 is 27.0 Å². The van der Waals surface area contributed by atoms with E-state index in [-0.39, 0.29) is 18.5 Å². The predicted molar refractivity (Wildman–Crippen MR) is 200 cm³/mol. The van der Waals surface area contributed by atoms with Crippen LogP contribution in [0.25, 0.3) is 0 Å². The summed E-state index contributed by atoms with van der Waals surface area (Å²) in [5.74, 6) is -0.423. The van der Waals surface area contributed by atoms with Crippen LogP contribution in [0.2, 0.25) is 0 Å². The molecule has 4 amide bonds. The van der Waals surface area contributed by atoms with E-state index in [4.69, 9.17) is 10.6 Å². The first kappa shape index (κ1) is 35.2. The van der Waals surface area contributed by atoms with Crippen LogP contribution in [0, 0.1) is 0 Å². The molecule has 2 aliphatic heterocycles. The highest BCUT2D eigenvalue weighted by Crippen LogP contribution is 2.31. The molecule has 6 N–H and O–H groups in total. The molecule has 1 fully saturated rings. The average Bonchev–Trinajstić information content (AvgIpc) is 3.28. The summed E-state index contributed by atoms with van der Waals surface area (Å²) < 4.78 is 1.33. The average molecular weight is 807 g/mol. The molecule has 1 atom stereocenters. The molecule has 0 bridgehead atoms. The molecule has 3 heterocycles. The second kappa shape index (κ2) is 16.4. The number of carbonyl (C=O) groups excluding carboxylic acids is 3. The van der Waals surface area contributed by atoms with Crippen molar-refractivity contribution in [2.75, 3.05) is 41.3 Å². The fourth-order valence-corrected chi connectivity index (χ4v) is 7.42. The number of aromatic nitrogens is 1. The minimum Gasteiger partial charge on any atom is -0.397 e. The monoisotopic (exact) mass is 804 g/mol. The first-order chi connectivity index (χ1) is 24.2. The van der Waals surface area contributed by atoms with Gasteiger partial charge in [0.25, 0.3) is 0 Å². The van der Waals surface area contributed by atoms with Gasteiger partial charge in [0.05, 0.1) is 17.1 Å². The van der Waals surface area contributed by atoms with Crippen LogP contribution in [0.5, 0.6) is 0 Å². The smallest absolute Gasteiger partial charge is 0.397 e. The highest BCUT2D eigenvalue weighted by molar-refractivity contribution is 9.11. The highest BCUT2D eigenvalue weighted by Gasteiger charge is 2.32. The van der Waals surface area contributed by atoms with E-state index in [2.05, 4.69) is 58.1 Å². The Morgan fingerprint density at radius 1 is 0.960 bits per heavy atom. The van der Waals surface area contributed by atoms with E-state index >= 15 is 0 Å². The number of piperidine rings is 1. The second-order valence-electron chi connectivity index (χ2n) is 12.2. The van der Waals surface area contributed by atoms with E-state index in [1.807, 2.05) is 71.6 Å². The van der Waals surface area contributed by atoms with Crippen molar-refractivity contribution in [3.63, 3.8) is 0 Å². The van der Waals surface area contributed by atoms with E-state index in [0.29, 0.717) is 65.0 Å². The Morgan fingerprint density at radius 2 is 1.68 bits per heavy atom. The van der Waals surface area contributed by atoms with Crippen LogP contribution in [0.1, 0.15) is 29.5 Å². The van der Waals surface area contributed by atoms with Gasteiger partial charge in [-0.25, -0.2) is 9.59 Å². The van der Waals surface area contributed by atoms with Gasteiger partial charge in [0.2, 0.25) is 5.91 Å². The first-order valence-corrected chi connectivity index (χ1v) is 18.0. The largest absolute Gasteiger partial charge is 0.426 e. The number of anilines is 4. The van der Waals surface area contributed by atoms with Gasteiger partial charge in [-0.05, 0) is 104 Å². The van der Waals surface area contributed by atoms with Gasteiger partial charge in [0.15, 0.2) is 0 Å². The second-order valence-corrected chi connectivity index (χ2v) is 13.9. The summed E-state index contributed by atoms with van der Waals surface area (Å²) in [6, 6.07) is 21.6. The maximum atomic E-state index is 13.8. The Morgan fingerprint density at radius 3 is 2.42 bits per heavy atom. The topological polar surface area (TPSA) is 154 Å². The summed E-state index contributed by atoms with van der Waals surface area (Å²) in [5, 5.41) is 13.7. The molecule has 0 spiro atoms. The zero-order valence-electron chi connectivity index (χ0n) is 27.2. The normalized spacial score (nSPS) is 15.6. The van der Waals surface area contributed by atoms with Gasteiger partial charge in [-0.1, -0.05) is 36.4 Å². The summed E-state index contributed by atoms with van der Waals surface area (Å²) in [6.45, 7) is 2.01. The number of pyridine rings is 1. The fourth-order valence-electron chi connectivity index (χ4n) is 6.13. The number of carbonyl (C=O) groups is 3. The van der Waals surface area contributed by atoms with E-state index in [9.17, 15) is 14.4 Å². The molecule has 0 unspecified atom stereocenters. The summed E-state index contributed by atoms with van der Waals surface area (Å²) in [5.41, 5.74) is 11.6. The van der Waals surface area contributed by atoms with E-state index in [1.165, 1.54) is 0 Å². The maximum Gasteiger partial charge on any atom is 0.426 e. The minimum absolute atomic E-state index is 0.0139. The Balaban J connectivity index is 1.09. The lowest BCUT2D eigenvalue weighted by atomic mass is 10.0. The Hall–Kier alpha value is -4.66. The number of hydroxylamine groups is 2. The molecule has 3 aromatic carbocycles. The molecule has 0 radical (unpaired) electrons. The Labute approximate surface area is 307 Å². The van der Waals surface area contributed by atoms with Crippen molar-refractivity contribution in [2.24, 2.45) is 0 Å².